The molecular formula is C11H23NO. The number of carbonyl (C=O) groups is 1. The molecule has 0 aromatic rings. The summed E-state index contributed by atoms with van der Waals surface area (Å²) in [6.07, 6.45) is 0.479. The molecular weight excluding hydrogens is 162 g/mol. The van der Waals surface area contributed by atoms with Gasteiger partial charge in [0.15, 0.2) is 0 Å². The molecule has 0 atom stereocenters. The van der Waals surface area contributed by atoms with E-state index < -0.39 is 0 Å². The SMILES string of the molecule is CC(C)(C)C(CC(N)=O)C(C)(C)C. The van der Waals surface area contributed by atoms with E-state index in [1.165, 1.54) is 0 Å². The normalized spacial score (nSPS) is 13.5. The van der Waals surface area contributed by atoms with Gasteiger partial charge in [-0.15, -0.1) is 0 Å². The van der Waals surface area contributed by atoms with Gasteiger partial charge < -0.3 is 5.73 Å². The molecule has 2 nitrogen and oxygen atoms in total. The van der Waals surface area contributed by atoms with Crippen LogP contribution in [0, 0.1) is 16.7 Å². The molecule has 1 amide bonds. The van der Waals surface area contributed by atoms with Crippen LogP contribution in [0.2, 0.25) is 0 Å². The number of hydrogen-bond donors (Lipinski definition) is 1. The number of primary amides is 1. The van der Waals surface area contributed by atoms with Gasteiger partial charge in [0.1, 0.15) is 0 Å². The van der Waals surface area contributed by atoms with Crippen LogP contribution in [0.5, 0.6) is 0 Å². The second-order valence-electron chi connectivity index (χ2n) is 5.96. The molecule has 0 aromatic heterocycles. The largest absolute Gasteiger partial charge is 0.370 e. The lowest BCUT2D eigenvalue weighted by Crippen LogP contribution is -2.35. The Morgan fingerprint density at radius 1 is 1.08 bits per heavy atom. The highest BCUT2D eigenvalue weighted by atomic mass is 16.1. The lowest BCUT2D eigenvalue weighted by atomic mass is 9.65. The van der Waals surface area contributed by atoms with Crippen molar-refractivity contribution < 1.29 is 4.79 Å². The Kier molecular flexibility index (Phi) is 3.54. The van der Waals surface area contributed by atoms with Crippen molar-refractivity contribution in [2.75, 3.05) is 0 Å². The van der Waals surface area contributed by atoms with Crippen LogP contribution in [0.15, 0.2) is 0 Å². The van der Waals surface area contributed by atoms with E-state index in [9.17, 15) is 4.79 Å². The van der Waals surface area contributed by atoms with E-state index in [1.54, 1.807) is 0 Å². The summed E-state index contributed by atoms with van der Waals surface area (Å²) in [4.78, 5) is 10.9. The first-order valence-electron chi connectivity index (χ1n) is 4.83. The fraction of sp³-hybridized carbons (Fsp3) is 0.909. The van der Waals surface area contributed by atoms with Crippen LogP contribution >= 0.6 is 0 Å². The average molecular weight is 185 g/mol. The lowest BCUT2D eigenvalue weighted by Gasteiger charge is -2.40. The maximum Gasteiger partial charge on any atom is 0.217 e. The van der Waals surface area contributed by atoms with E-state index in [1.807, 2.05) is 0 Å². The van der Waals surface area contributed by atoms with E-state index in [-0.39, 0.29) is 16.7 Å². The van der Waals surface area contributed by atoms with Gasteiger partial charge in [-0.05, 0) is 16.7 Å². The molecule has 0 saturated heterocycles. The predicted octanol–water partition coefficient (Wildman–Crippen LogP) is 2.57. The molecule has 78 valence electrons. The first-order valence-corrected chi connectivity index (χ1v) is 4.83. The number of hydrogen-bond acceptors (Lipinski definition) is 1. The first kappa shape index (κ1) is 12.5. The number of carbonyl (C=O) groups excluding carboxylic acids is 1. The van der Waals surface area contributed by atoms with Crippen LogP contribution in [0.25, 0.3) is 0 Å². The third kappa shape index (κ3) is 4.30. The van der Waals surface area contributed by atoms with E-state index in [0.29, 0.717) is 12.3 Å². The van der Waals surface area contributed by atoms with Crippen molar-refractivity contribution in [1.82, 2.24) is 0 Å². The molecule has 0 unspecified atom stereocenters. The van der Waals surface area contributed by atoms with E-state index >= 15 is 0 Å². The summed E-state index contributed by atoms with van der Waals surface area (Å²) >= 11 is 0. The molecule has 0 rings (SSSR count). The van der Waals surface area contributed by atoms with Gasteiger partial charge in [0, 0.05) is 6.42 Å². The summed E-state index contributed by atoms with van der Waals surface area (Å²) < 4.78 is 0. The predicted molar refractivity (Wildman–Crippen MR) is 56.2 cm³/mol. The van der Waals surface area contributed by atoms with Crippen molar-refractivity contribution in [3.63, 3.8) is 0 Å². The van der Waals surface area contributed by atoms with Gasteiger partial charge in [0.05, 0.1) is 0 Å². The van der Waals surface area contributed by atoms with Gasteiger partial charge in [-0.1, -0.05) is 41.5 Å². The lowest BCUT2D eigenvalue weighted by molar-refractivity contribution is -0.121. The zero-order valence-corrected chi connectivity index (χ0v) is 9.77. The molecule has 13 heavy (non-hydrogen) atoms. The summed E-state index contributed by atoms with van der Waals surface area (Å²) in [6.45, 7) is 13.0. The Morgan fingerprint density at radius 3 is 1.46 bits per heavy atom. The zero-order valence-electron chi connectivity index (χ0n) is 9.77. The Bertz CT molecular complexity index is 169. The van der Waals surface area contributed by atoms with Crippen LogP contribution in [-0.2, 0) is 4.79 Å². The topological polar surface area (TPSA) is 43.1 Å². The summed E-state index contributed by atoms with van der Waals surface area (Å²) in [6, 6.07) is 0. The number of amides is 1. The first-order chi connectivity index (χ1) is 5.55. The van der Waals surface area contributed by atoms with Crippen molar-refractivity contribution in [1.29, 1.82) is 0 Å². The summed E-state index contributed by atoms with van der Waals surface area (Å²) in [5.74, 6) is 0.132. The minimum Gasteiger partial charge on any atom is -0.370 e. The molecule has 0 spiro atoms. The Balaban J connectivity index is 4.68. The molecule has 2 heteroatoms. The second-order valence-corrected chi connectivity index (χ2v) is 5.96. The summed E-state index contributed by atoms with van der Waals surface area (Å²) in [5, 5.41) is 0. The van der Waals surface area contributed by atoms with E-state index in [0.717, 1.165) is 0 Å². The highest BCUT2D eigenvalue weighted by Crippen LogP contribution is 2.41. The fourth-order valence-electron chi connectivity index (χ4n) is 2.11. The number of rotatable bonds is 2. The molecule has 0 aliphatic rings. The Morgan fingerprint density at radius 2 is 1.38 bits per heavy atom. The Hall–Kier alpha value is -0.530. The van der Waals surface area contributed by atoms with Gasteiger partial charge in [0.2, 0.25) is 5.91 Å². The molecule has 0 fully saturated rings. The van der Waals surface area contributed by atoms with E-state index in [2.05, 4.69) is 41.5 Å². The highest BCUT2D eigenvalue weighted by molar-refractivity contribution is 5.74. The minimum absolute atomic E-state index is 0.132. The van der Waals surface area contributed by atoms with Gasteiger partial charge in [-0.3, -0.25) is 4.79 Å². The smallest absolute Gasteiger partial charge is 0.217 e. The van der Waals surface area contributed by atoms with Crippen LogP contribution in [0.4, 0.5) is 0 Å². The molecule has 0 radical (unpaired) electrons. The van der Waals surface area contributed by atoms with Gasteiger partial charge >= 0.3 is 0 Å². The van der Waals surface area contributed by atoms with Crippen LogP contribution in [0.1, 0.15) is 48.0 Å². The third-order valence-corrected chi connectivity index (χ3v) is 2.50. The zero-order chi connectivity index (χ0) is 10.9. The molecule has 0 saturated carbocycles. The monoisotopic (exact) mass is 185 g/mol. The van der Waals surface area contributed by atoms with Gasteiger partial charge in [-0.25, -0.2) is 0 Å². The minimum atomic E-state index is -0.199. The summed E-state index contributed by atoms with van der Waals surface area (Å²) in [7, 11) is 0. The molecule has 2 N–H and O–H groups in total. The van der Waals surface area contributed by atoms with Crippen molar-refractivity contribution in [3.8, 4) is 0 Å². The van der Waals surface area contributed by atoms with Crippen molar-refractivity contribution >= 4 is 5.91 Å². The van der Waals surface area contributed by atoms with Crippen LogP contribution < -0.4 is 5.73 Å². The summed E-state index contributed by atoms with van der Waals surface area (Å²) in [5.41, 5.74) is 5.51. The molecule has 0 aliphatic carbocycles. The molecule has 0 aliphatic heterocycles. The van der Waals surface area contributed by atoms with Crippen molar-refractivity contribution in [2.45, 2.75) is 48.0 Å². The maximum atomic E-state index is 10.9. The van der Waals surface area contributed by atoms with Crippen LogP contribution in [0.3, 0.4) is 0 Å². The van der Waals surface area contributed by atoms with Crippen molar-refractivity contribution in [3.05, 3.63) is 0 Å². The third-order valence-electron chi connectivity index (χ3n) is 2.50. The average Bonchev–Trinajstić information content (AvgIpc) is 1.77. The quantitative estimate of drug-likeness (QED) is 0.706. The van der Waals surface area contributed by atoms with Gasteiger partial charge in [-0.2, -0.15) is 0 Å². The molecule has 0 aromatic carbocycles. The maximum absolute atomic E-state index is 10.9. The standard InChI is InChI=1S/C11H23NO/c1-10(2,3)8(7-9(12)13)11(4,5)6/h8H,7H2,1-6H3,(H2,12,13). The number of nitrogens with two attached hydrogens (primary N) is 1. The fourth-order valence-corrected chi connectivity index (χ4v) is 2.11. The molecule has 0 heterocycles. The van der Waals surface area contributed by atoms with Gasteiger partial charge in [0.25, 0.3) is 0 Å². The van der Waals surface area contributed by atoms with Crippen molar-refractivity contribution in [2.24, 2.45) is 22.5 Å². The molecule has 0 bridgehead atoms. The second kappa shape index (κ2) is 3.69. The van der Waals surface area contributed by atoms with Crippen LogP contribution in [-0.4, -0.2) is 5.91 Å². The van der Waals surface area contributed by atoms with E-state index in [4.69, 9.17) is 5.73 Å². The Labute approximate surface area is 81.9 Å². The highest BCUT2D eigenvalue weighted by Gasteiger charge is 2.35.